The molecule has 0 atom stereocenters. The highest BCUT2D eigenvalue weighted by Crippen LogP contribution is 2.38. The van der Waals surface area contributed by atoms with Gasteiger partial charge in [0, 0.05) is 5.56 Å². The largest absolute Gasteiger partial charge is 0.233 e. The highest BCUT2D eigenvalue weighted by Gasteiger charge is 2.28. The van der Waals surface area contributed by atoms with Crippen molar-refractivity contribution in [1.82, 2.24) is 9.78 Å². The van der Waals surface area contributed by atoms with Crippen molar-refractivity contribution in [2.24, 2.45) is 10.8 Å². The summed E-state index contributed by atoms with van der Waals surface area (Å²) in [5, 5.41) is 5.02. The van der Waals surface area contributed by atoms with E-state index in [2.05, 4.69) is 165 Å². The van der Waals surface area contributed by atoms with Gasteiger partial charge in [-0.1, -0.05) is 142 Å². The van der Waals surface area contributed by atoms with Crippen LogP contribution < -0.4 is 0 Å². The molecule has 2 heteroatoms. The predicted octanol–water partition coefficient (Wildman–Crippen LogP) is 11.1. The standard InChI is InChI=1S/C39H50N2/c1-36(2,3)27-38(7,8)31-21-16-29(17-22-31)18-25-33-26-35(41(40-33)34-14-12-11-13-15-34)30-19-23-32(24-20-30)39(9,10)28-37(4,5)6/h11-26H,27-28H2,1-10H3. The Balaban J connectivity index is 1.62. The van der Waals surface area contributed by atoms with E-state index in [1.807, 2.05) is 6.07 Å². The van der Waals surface area contributed by atoms with Crippen LogP contribution in [0.4, 0.5) is 0 Å². The Bertz CT molecular complexity index is 1450. The minimum absolute atomic E-state index is 0.113. The van der Waals surface area contributed by atoms with Crippen molar-refractivity contribution in [1.29, 1.82) is 0 Å². The van der Waals surface area contributed by atoms with Gasteiger partial charge >= 0.3 is 0 Å². The quantitative estimate of drug-likeness (QED) is 0.215. The maximum atomic E-state index is 5.02. The molecule has 3 aromatic carbocycles. The highest BCUT2D eigenvalue weighted by atomic mass is 15.3. The monoisotopic (exact) mass is 546 g/mol. The highest BCUT2D eigenvalue weighted by molar-refractivity contribution is 5.72. The molecule has 1 heterocycles. The first-order chi connectivity index (χ1) is 19.0. The van der Waals surface area contributed by atoms with Gasteiger partial charge in [-0.05, 0) is 75.5 Å². The topological polar surface area (TPSA) is 17.8 Å². The Morgan fingerprint density at radius 2 is 1.07 bits per heavy atom. The number of benzene rings is 3. The summed E-state index contributed by atoms with van der Waals surface area (Å²) in [4.78, 5) is 0. The molecular weight excluding hydrogens is 496 g/mol. The second-order valence-corrected chi connectivity index (χ2v) is 15.5. The zero-order valence-electron chi connectivity index (χ0n) is 27.0. The molecule has 216 valence electrons. The molecule has 0 N–H and O–H groups in total. The van der Waals surface area contributed by atoms with E-state index in [1.54, 1.807) is 0 Å². The fourth-order valence-electron chi connectivity index (χ4n) is 6.63. The van der Waals surface area contributed by atoms with Crippen molar-refractivity contribution in [2.75, 3.05) is 0 Å². The molecule has 0 amide bonds. The first kappa shape index (κ1) is 30.6. The van der Waals surface area contributed by atoms with Gasteiger partial charge in [-0.2, -0.15) is 5.10 Å². The lowest BCUT2D eigenvalue weighted by molar-refractivity contribution is 0.283. The number of hydrogen-bond donors (Lipinski definition) is 0. The van der Waals surface area contributed by atoms with Crippen LogP contribution in [0.25, 0.3) is 29.1 Å². The Morgan fingerprint density at radius 3 is 1.56 bits per heavy atom. The lowest BCUT2D eigenvalue weighted by Crippen LogP contribution is -2.24. The van der Waals surface area contributed by atoms with Crippen molar-refractivity contribution in [3.63, 3.8) is 0 Å². The summed E-state index contributed by atoms with van der Waals surface area (Å²) < 4.78 is 2.06. The van der Waals surface area contributed by atoms with E-state index < -0.39 is 0 Å². The molecule has 0 saturated carbocycles. The predicted molar refractivity (Wildman–Crippen MR) is 179 cm³/mol. The molecule has 0 aliphatic rings. The van der Waals surface area contributed by atoms with Crippen LogP contribution in [0.3, 0.4) is 0 Å². The zero-order valence-corrected chi connectivity index (χ0v) is 27.0. The van der Waals surface area contributed by atoms with Gasteiger partial charge in [0.05, 0.1) is 17.1 Å². The van der Waals surface area contributed by atoms with E-state index in [4.69, 9.17) is 5.10 Å². The van der Waals surface area contributed by atoms with Gasteiger partial charge in [-0.3, -0.25) is 0 Å². The van der Waals surface area contributed by atoms with Gasteiger partial charge < -0.3 is 0 Å². The second kappa shape index (κ2) is 11.5. The summed E-state index contributed by atoms with van der Waals surface area (Å²) in [7, 11) is 0. The van der Waals surface area contributed by atoms with Gasteiger partial charge in [0.1, 0.15) is 0 Å². The molecule has 0 aliphatic heterocycles. The van der Waals surface area contributed by atoms with E-state index in [0.29, 0.717) is 5.41 Å². The Hall–Kier alpha value is -3.39. The maximum Gasteiger partial charge on any atom is 0.0862 e. The van der Waals surface area contributed by atoms with Crippen molar-refractivity contribution in [3.05, 3.63) is 107 Å². The Morgan fingerprint density at radius 1 is 0.585 bits per heavy atom. The molecular formula is C39H50N2. The van der Waals surface area contributed by atoms with Gasteiger partial charge in [-0.15, -0.1) is 0 Å². The van der Waals surface area contributed by atoms with Crippen LogP contribution in [-0.2, 0) is 10.8 Å². The van der Waals surface area contributed by atoms with Crippen LogP contribution in [0.2, 0.25) is 0 Å². The van der Waals surface area contributed by atoms with Crippen molar-refractivity contribution in [3.8, 4) is 16.9 Å². The van der Waals surface area contributed by atoms with Crippen LogP contribution in [0.15, 0.2) is 84.9 Å². The van der Waals surface area contributed by atoms with Crippen LogP contribution in [0.5, 0.6) is 0 Å². The summed E-state index contributed by atoms with van der Waals surface area (Å²) in [6, 6.07) is 30.7. The van der Waals surface area contributed by atoms with Gasteiger partial charge in [-0.25, -0.2) is 4.68 Å². The molecule has 4 aromatic rings. The molecule has 0 bridgehead atoms. The fraction of sp³-hybridized carbons (Fsp3) is 0.410. The van der Waals surface area contributed by atoms with E-state index >= 15 is 0 Å². The van der Waals surface area contributed by atoms with E-state index in [1.165, 1.54) is 22.3 Å². The lowest BCUT2D eigenvalue weighted by atomic mass is 9.72. The van der Waals surface area contributed by atoms with Crippen molar-refractivity contribution < 1.29 is 0 Å². The molecule has 0 aliphatic carbocycles. The first-order valence-corrected chi connectivity index (χ1v) is 15.1. The molecule has 0 fully saturated rings. The molecule has 0 radical (unpaired) electrons. The smallest absolute Gasteiger partial charge is 0.0862 e. The molecule has 1 aromatic heterocycles. The van der Waals surface area contributed by atoms with Gasteiger partial charge in [0.2, 0.25) is 0 Å². The summed E-state index contributed by atoms with van der Waals surface area (Å²) in [6.45, 7) is 23.3. The zero-order chi connectivity index (χ0) is 30.1. The third-order valence-electron chi connectivity index (χ3n) is 7.77. The van der Waals surface area contributed by atoms with Crippen LogP contribution in [0, 0.1) is 10.8 Å². The van der Waals surface area contributed by atoms with E-state index in [0.717, 1.165) is 29.9 Å². The lowest BCUT2D eigenvalue weighted by Gasteiger charge is -2.33. The minimum Gasteiger partial charge on any atom is -0.233 e. The Kier molecular flexibility index (Phi) is 8.55. The number of rotatable bonds is 8. The Labute approximate surface area is 249 Å². The number of aromatic nitrogens is 2. The number of nitrogens with zero attached hydrogens (tertiary/aromatic N) is 2. The normalized spacial score (nSPS) is 13.2. The fourth-order valence-corrected chi connectivity index (χ4v) is 6.63. The average Bonchev–Trinajstić information content (AvgIpc) is 3.30. The van der Waals surface area contributed by atoms with Crippen molar-refractivity contribution in [2.45, 2.75) is 92.9 Å². The van der Waals surface area contributed by atoms with Gasteiger partial charge in [0.15, 0.2) is 0 Å². The van der Waals surface area contributed by atoms with Gasteiger partial charge in [0.25, 0.3) is 0 Å². The molecule has 2 nitrogen and oxygen atoms in total. The van der Waals surface area contributed by atoms with E-state index in [-0.39, 0.29) is 16.2 Å². The summed E-state index contributed by atoms with van der Waals surface area (Å²) >= 11 is 0. The molecule has 0 saturated heterocycles. The summed E-state index contributed by atoms with van der Waals surface area (Å²) in [5.74, 6) is 0. The molecule has 4 rings (SSSR count). The first-order valence-electron chi connectivity index (χ1n) is 15.1. The average molecular weight is 547 g/mol. The number of hydrogen-bond acceptors (Lipinski definition) is 1. The summed E-state index contributed by atoms with van der Waals surface area (Å²) in [6.07, 6.45) is 6.56. The molecule has 0 spiro atoms. The SMILES string of the molecule is CC(C)(C)CC(C)(C)c1ccc(C=Cc2cc(-c3ccc(C(C)(C)CC(C)(C)C)cc3)n(-c3ccccc3)n2)cc1. The number of para-hydroxylation sites is 1. The maximum absolute atomic E-state index is 5.02. The van der Waals surface area contributed by atoms with Crippen LogP contribution >= 0.6 is 0 Å². The molecule has 0 unspecified atom stereocenters. The third-order valence-corrected chi connectivity index (χ3v) is 7.77. The van der Waals surface area contributed by atoms with Crippen LogP contribution in [0.1, 0.15) is 104 Å². The van der Waals surface area contributed by atoms with E-state index in [9.17, 15) is 0 Å². The summed E-state index contributed by atoms with van der Waals surface area (Å²) in [5.41, 5.74) is 9.02. The van der Waals surface area contributed by atoms with Crippen LogP contribution in [-0.4, -0.2) is 9.78 Å². The molecule has 41 heavy (non-hydrogen) atoms. The second-order valence-electron chi connectivity index (χ2n) is 15.5. The van der Waals surface area contributed by atoms with Crippen molar-refractivity contribution >= 4 is 12.2 Å². The minimum atomic E-state index is 0.113. The third kappa shape index (κ3) is 8.09.